The Kier molecular flexibility index (Phi) is 8.52. The zero-order valence-corrected chi connectivity index (χ0v) is 27.3. The molecule has 0 bridgehead atoms. The number of aliphatic hydroxyl groups excluding tert-OH is 1. The summed E-state index contributed by atoms with van der Waals surface area (Å²) in [5, 5.41) is 24.8. The van der Waals surface area contributed by atoms with Crippen molar-refractivity contribution in [1.82, 2.24) is 10.2 Å². The number of nitrogens with zero attached hydrogens (tertiary/aromatic N) is 4. The molecule has 3 amide bonds. The maximum absolute atomic E-state index is 14.7. The molecule has 0 aromatic heterocycles. The van der Waals surface area contributed by atoms with Gasteiger partial charge in [-0.15, -0.1) is 0 Å². The van der Waals surface area contributed by atoms with E-state index in [0.29, 0.717) is 37.3 Å². The summed E-state index contributed by atoms with van der Waals surface area (Å²) in [5.41, 5.74) is -0.0958. The van der Waals surface area contributed by atoms with Gasteiger partial charge >= 0.3 is 0 Å². The molecule has 2 aromatic carbocycles. The molecule has 6 rings (SSSR count). The molecule has 0 saturated carbocycles. The van der Waals surface area contributed by atoms with Gasteiger partial charge in [0.15, 0.2) is 13.9 Å². The first-order valence-corrected chi connectivity index (χ1v) is 18.9. The van der Waals surface area contributed by atoms with E-state index in [0.717, 1.165) is 17.7 Å². The number of carbonyl (C=O) groups excluding carboxylic acids is 3. The van der Waals surface area contributed by atoms with Crippen molar-refractivity contribution in [2.24, 2.45) is 5.92 Å². The number of benzene rings is 2. The number of anilines is 2. The predicted octanol–water partition coefficient (Wildman–Crippen LogP) is 2.25. The van der Waals surface area contributed by atoms with Gasteiger partial charge < -0.3 is 34.7 Å². The van der Waals surface area contributed by atoms with Gasteiger partial charge in [-0.3, -0.25) is 24.5 Å². The molecular weight excluding hydrogens is 610 g/mol. The summed E-state index contributed by atoms with van der Waals surface area (Å²) in [6.07, 6.45) is 0.586. The Hall–Kier alpha value is -3.69. The zero-order chi connectivity index (χ0) is 33.0. The van der Waals surface area contributed by atoms with Gasteiger partial charge in [-0.25, -0.2) is 0 Å². The van der Waals surface area contributed by atoms with Crippen LogP contribution in [0.2, 0.25) is 18.6 Å². The zero-order valence-electron chi connectivity index (χ0n) is 26.3. The quantitative estimate of drug-likeness (QED) is 0.221. The Labute approximate surface area is 268 Å². The Morgan fingerprint density at radius 1 is 1.20 bits per heavy atom. The van der Waals surface area contributed by atoms with Crippen LogP contribution in [0, 0.1) is 16.0 Å². The number of nitrogens with one attached hydrogen (secondary N) is 1. The monoisotopic (exact) mass is 651 g/mol. The number of amides is 3. The van der Waals surface area contributed by atoms with Crippen LogP contribution in [-0.4, -0.2) is 90.7 Å². The number of nitro groups is 1. The van der Waals surface area contributed by atoms with Gasteiger partial charge in [0, 0.05) is 54.5 Å². The fraction of sp³-hybridized carbons (Fsp3) is 0.531. The fourth-order valence-corrected chi connectivity index (χ4v) is 10.6. The number of carbonyl (C=O) groups is 3. The minimum atomic E-state index is -3.08. The second-order valence-electron chi connectivity index (χ2n) is 13.4. The molecule has 13 nitrogen and oxygen atoms in total. The molecule has 2 aromatic rings. The maximum atomic E-state index is 14.7. The van der Waals surface area contributed by atoms with Crippen molar-refractivity contribution < 1.29 is 33.9 Å². The van der Waals surface area contributed by atoms with Crippen molar-refractivity contribution in [2.45, 2.75) is 69.1 Å². The third kappa shape index (κ3) is 5.41. The van der Waals surface area contributed by atoms with Crippen LogP contribution in [0.3, 0.4) is 0 Å². The average Bonchev–Trinajstić information content (AvgIpc) is 3.68. The molecule has 4 heterocycles. The summed E-state index contributed by atoms with van der Waals surface area (Å²) in [4.78, 5) is 68.8. The third-order valence-electron chi connectivity index (χ3n) is 10.1. The predicted molar refractivity (Wildman–Crippen MR) is 172 cm³/mol. The van der Waals surface area contributed by atoms with E-state index in [9.17, 15) is 34.4 Å². The SMILES string of the molecule is C[C@@H]1[C@@H]([Si](C)(C)O)[C@H](CC(=O)N2CCC[C@H]2CO)O[C@@]12C(=O)N(Cc1cccc(N3CCNCC3=O)c1)c1ccc([N+](=O)[O-])cc12. The second-order valence-corrected chi connectivity index (χ2v) is 17.3. The van der Waals surface area contributed by atoms with E-state index < -0.39 is 42.3 Å². The Morgan fingerprint density at radius 2 is 1.98 bits per heavy atom. The van der Waals surface area contributed by atoms with Crippen LogP contribution in [0.25, 0.3) is 0 Å². The molecule has 3 saturated heterocycles. The van der Waals surface area contributed by atoms with E-state index in [-0.39, 0.29) is 49.7 Å². The molecule has 5 atom stereocenters. The summed E-state index contributed by atoms with van der Waals surface area (Å²) in [6.45, 7) is 7.26. The Bertz CT molecular complexity index is 1570. The number of piperazine rings is 1. The third-order valence-corrected chi connectivity index (χ3v) is 12.6. The van der Waals surface area contributed by atoms with Crippen molar-refractivity contribution in [1.29, 1.82) is 0 Å². The van der Waals surface area contributed by atoms with Gasteiger partial charge in [-0.05, 0) is 49.7 Å². The van der Waals surface area contributed by atoms with Crippen molar-refractivity contribution in [2.75, 3.05) is 42.6 Å². The number of aliphatic hydroxyl groups is 1. The molecule has 246 valence electrons. The molecule has 46 heavy (non-hydrogen) atoms. The molecule has 3 fully saturated rings. The highest BCUT2D eigenvalue weighted by Crippen LogP contribution is 2.60. The number of non-ortho nitro benzene ring substituents is 1. The topological polar surface area (TPSA) is 166 Å². The average molecular weight is 652 g/mol. The highest BCUT2D eigenvalue weighted by atomic mass is 28.4. The lowest BCUT2D eigenvalue weighted by atomic mass is 9.82. The lowest BCUT2D eigenvalue weighted by Crippen LogP contribution is -2.48. The summed E-state index contributed by atoms with van der Waals surface area (Å²) in [6, 6.07) is 11.4. The number of hydrogen-bond donors (Lipinski definition) is 3. The standard InChI is InChI=1S/C32H41N5O8Si/c1-20-30(46(2,3)44)27(16-28(39)34-12-5-8-24(34)19-38)45-32(20)25-15-23(37(42)43)9-10-26(25)36(31(32)41)18-21-6-4-7-22(14-21)35-13-11-33-17-29(35)40/h4,6-7,9-10,14-15,20,24,27,30,33,38,44H,5,8,11-13,16-19H2,1-3H3/t20-,24+,27+,30-,32+/m1/s1. The van der Waals surface area contributed by atoms with Crippen molar-refractivity contribution >= 4 is 43.1 Å². The van der Waals surface area contributed by atoms with Crippen LogP contribution >= 0.6 is 0 Å². The van der Waals surface area contributed by atoms with Gasteiger partial charge in [0.05, 0.1) is 48.9 Å². The highest BCUT2D eigenvalue weighted by molar-refractivity contribution is 6.71. The van der Waals surface area contributed by atoms with Gasteiger partial charge in [0.25, 0.3) is 11.6 Å². The summed E-state index contributed by atoms with van der Waals surface area (Å²) in [5.74, 6) is -1.28. The van der Waals surface area contributed by atoms with Crippen LogP contribution in [0.1, 0.15) is 37.3 Å². The van der Waals surface area contributed by atoms with E-state index >= 15 is 0 Å². The van der Waals surface area contributed by atoms with Crippen molar-refractivity contribution in [3.63, 3.8) is 0 Å². The largest absolute Gasteiger partial charge is 0.432 e. The molecule has 4 aliphatic heterocycles. The first-order valence-electron chi connectivity index (χ1n) is 15.9. The van der Waals surface area contributed by atoms with E-state index in [1.54, 1.807) is 33.9 Å². The van der Waals surface area contributed by atoms with E-state index in [1.807, 2.05) is 31.2 Å². The number of ether oxygens (including phenoxy) is 1. The summed E-state index contributed by atoms with van der Waals surface area (Å²) >= 11 is 0. The van der Waals surface area contributed by atoms with Gasteiger partial charge in [-0.2, -0.15) is 0 Å². The summed E-state index contributed by atoms with van der Waals surface area (Å²) < 4.78 is 6.73. The van der Waals surface area contributed by atoms with Crippen molar-refractivity contribution in [3.8, 4) is 0 Å². The number of hydrogen-bond acceptors (Lipinski definition) is 9. The smallest absolute Gasteiger partial charge is 0.269 e. The number of rotatable bonds is 8. The molecule has 0 radical (unpaired) electrons. The molecule has 0 unspecified atom stereocenters. The molecule has 14 heteroatoms. The number of likely N-dealkylation sites (tertiary alicyclic amines) is 1. The van der Waals surface area contributed by atoms with Gasteiger partial charge in [-0.1, -0.05) is 19.1 Å². The maximum Gasteiger partial charge on any atom is 0.269 e. The summed E-state index contributed by atoms with van der Waals surface area (Å²) in [7, 11) is -3.08. The molecule has 4 aliphatic rings. The number of nitro benzene ring substituents is 1. The van der Waals surface area contributed by atoms with E-state index in [1.165, 1.54) is 12.1 Å². The van der Waals surface area contributed by atoms with Gasteiger partial charge in [0.1, 0.15) is 0 Å². The van der Waals surface area contributed by atoms with Crippen LogP contribution in [0.5, 0.6) is 0 Å². The molecule has 3 N–H and O–H groups in total. The van der Waals surface area contributed by atoms with Crippen molar-refractivity contribution in [3.05, 3.63) is 63.7 Å². The Morgan fingerprint density at radius 3 is 2.67 bits per heavy atom. The molecular formula is C32H41N5O8Si. The normalized spacial score (nSPS) is 28.0. The van der Waals surface area contributed by atoms with Crippen LogP contribution in [-0.2, 0) is 31.3 Å². The first kappa shape index (κ1) is 32.3. The minimum absolute atomic E-state index is 0.0490. The Balaban J connectivity index is 1.38. The van der Waals surface area contributed by atoms with Crippen LogP contribution < -0.4 is 15.1 Å². The molecule has 1 spiro atoms. The number of fused-ring (bicyclic) bond motifs is 2. The van der Waals surface area contributed by atoms with E-state index in [2.05, 4.69) is 5.32 Å². The fourth-order valence-electron chi connectivity index (χ4n) is 8.06. The van der Waals surface area contributed by atoms with E-state index in [4.69, 9.17) is 4.74 Å². The first-order chi connectivity index (χ1) is 21.9. The minimum Gasteiger partial charge on any atom is -0.432 e. The van der Waals surface area contributed by atoms with Crippen LogP contribution in [0.4, 0.5) is 17.1 Å². The van der Waals surface area contributed by atoms with Crippen LogP contribution in [0.15, 0.2) is 42.5 Å². The highest BCUT2D eigenvalue weighted by Gasteiger charge is 2.66. The van der Waals surface area contributed by atoms with Gasteiger partial charge in [0.2, 0.25) is 11.8 Å². The lowest BCUT2D eigenvalue weighted by Gasteiger charge is -2.32. The second kappa shape index (κ2) is 12.2. The molecule has 0 aliphatic carbocycles. The lowest BCUT2D eigenvalue weighted by molar-refractivity contribution is -0.385.